The molecule has 4 N–H and O–H groups in total. The van der Waals surface area contributed by atoms with Gasteiger partial charge in [-0.25, -0.2) is 0 Å². The summed E-state index contributed by atoms with van der Waals surface area (Å²) < 4.78 is 0. The van der Waals surface area contributed by atoms with Gasteiger partial charge in [0.15, 0.2) is 0 Å². The molecule has 5 heteroatoms. The summed E-state index contributed by atoms with van der Waals surface area (Å²) in [5, 5.41) is 31.9. The summed E-state index contributed by atoms with van der Waals surface area (Å²) >= 11 is 0. The number of hydrogen-bond acceptors (Lipinski definition) is 4. The van der Waals surface area contributed by atoms with Gasteiger partial charge in [0, 0.05) is 6.61 Å². The summed E-state index contributed by atoms with van der Waals surface area (Å²) in [5.74, 6) is 0. The van der Waals surface area contributed by atoms with Gasteiger partial charge in [-0.15, -0.1) is 0 Å². The first kappa shape index (κ1) is 31.1. The molecule has 3 unspecified atom stereocenters. The van der Waals surface area contributed by atoms with Crippen LogP contribution in [0.2, 0.25) is 0 Å². The molecule has 0 aromatic rings. The average molecular weight is 299 g/mol. The maximum Gasteiger partial charge on any atom is 3.00 e. The average Bonchev–Trinajstić information content (AvgIpc) is 2.01. The molecule has 0 aromatic carbocycles. The molecule has 0 saturated heterocycles. The van der Waals surface area contributed by atoms with E-state index in [1.54, 1.807) is 20.8 Å². The van der Waals surface area contributed by atoms with Crippen LogP contribution in [0, 0.1) is 20.8 Å². The van der Waals surface area contributed by atoms with Gasteiger partial charge in [-0.3, -0.25) is 0 Å². The van der Waals surface area contributed by atoms with Crippen LogP contribution < -0.4 is 0 Å². The first-order valence-corrected chi connectivity index (χ1v) is 5.75. The minimum Gasteiger partial charge on any atom is -0.426 e. The second-order valence-electron chi connectivity index (χ2n) is 3.62. The van der Waals surface area contributed by atoms with Crippen LogP contribution in [0.3, 0.4) is 0 Å². The van der Waals surface area contributed by atoms with E-state index in [1.807, 2.05) is 0 Å². The van der Waals surface area contributed by atoms with Gasteiger partial charge in [0.05, 0.1) is 0 Å². The molecule has 0 fully saturated rings. The van der Waals surface area contributed by atoms with Crippen LogP contribution in [0.15, 0.2) is 0 Å². The number of hydrogen-bond donors (Lipinski definition) is 4. The molecule has 4 nitrogen and oxygen atoms in total. The van der Waals surface area contributed by atoms with Gasteiger partial charge in [0.2, 0.25) is 0 Å². The van der Waals surface area contributed by atoms with Crippen molar-refractivity contribution >= 4 is 0 Å². The van der Waals surface area contributed by atoms with Gasteiger partial charge in [0.1, 0.15) is 0 Å². The number of unbranched alkanes of at least 4 members (excludes halogenated alkanes) is 1. The van der Waals surface area contributed by atoms with Crippen molar-refractivity contribution in [1.82, 2.24) is 0 Å². The molecule has 0 saturated carbocycles. The van der Waals surface area contributed by atoms with Crippen molar-refractivity contribution in [1.29, 1.82) is 0 Å². The Morgan fingerprint density at radius 2 is 1.00 bits per heavy atom. The van der Waals surface area contributed by atoms with Gasteiger partial charge in [-0.1, -0.05) is 52.4 Å². The quantitative estimate of drug-likeness (QED) is 0.459. The third-order valence-corrected chi connectivity index (χ3v) is 0.512. The monoisotopic (exact) mass is 299 g/mol. The van der Waals surface area contributed by atoms with Crippen LogP contribution in [0.25, 0.3) is 0 Å². The topological polar surface area (TPSA) is 80.9 Å². The van der Waals surface area contributed by atoms with E-state index in [4.69, 9.17) is 20.4 Å². The molecule has 0 amide bonds. The van der Waals surface area contributed by atoms with Gasteiger partial charge in [-0.05, 0) is 6.42 Å². The first-order valence-electron chi connectivity index (χ1n) is 5.75. The van der Waals surface area contributed by atoms with E-state index in [0.29, 0.717) is 6.61 Å². The molecule has 0 aliphatic heterocycles. The van der Waals surface area contributed by atoms with Gasteiger partial charge >= 0.3 is 21.7 Å². The molecule has 0 aliphatic carbocycles. The third kappa shape index (κ3) is 614. The molecule has 0 spiro atoms. The maximum atomic E-state index is 8.07. The SMILES string of the molecule is CCCCO.[CH2-]C(C)O.[CH2-]C(C)O.[CH2-]C(C)O.[Ti+3]. The van der Waals surface area contributed by atoms with Crippen LogP contribution in [-0.2, 0) is 21.7 Å². The fraction of sp³-hybridized carbons (Fsp3) is 0.769. The molecule has 0 aliphatic rings. The Hall–Kier alpha value is 0.554. The van der Waals surface area contributed by atoms with Crippen LogP contribution in [0.4, 0.5) is 0 Å². The zero-order valence-corrected chi connectivity index (χ0v) is 13.8. The van der Waals surface area contributed by atoms with E-state index >= 15 is 0 Å². The van der Waals surface area contributed by atoms with Crippen molar-refractivity contribution < 1.29 is 42.1 Å². The van der Waals surface area contributed by atoms with Crippen molar-refractivity contribution in [2.75, 3.05) is 6.61 Å². The van der Waals surface area contributed by atoms with Crippen molar-refractivity contribution in [2.24, 2.45) is 0 Å². The zero-order chi connectivity index (χ0) is 14.9. The Balaban J connectivity index is -0.0000000412. The van der Waals surface area contributed by atoms with Crippen molar-refractivity contribution in [2.45, 2.75) is 58.8 Å². The second kappa shape index (κ2) is 30.5. The molecule has 111 valence electrons. The van der Waals surface area contributed by atoms with Crippen molar-refractivity contribution in [3.8, 4) is 0 Å². The Morgan fingerprint density at radius 3 is 1.00 bits per heavy atom. The fourth-order valence-electron chi connectivity index (χ4n) is 0.158. The molecule has 18 heavy (non-hydrogen) atoms. The minimum absolute atomic E-state index is 0. The first-order chi connectivity index (χ1) is 7.61. The Morgan fingerprint density at radius 1 is 0.833 bits per heavy atom. The predicted octanol–water partition coefficient (Wildman–Crippen LogP) is 1.38. The molecular formula is C13H31O4Ti. The predicted molar refractivity (Wildman–Crippen MR) is 73.1 cm³/mol. The van der Waals surface area contributed by atoms with Crippen LogP contribution >= 0.6 is 0 Å². The Bertz CT molecular complexity index is 74.5. The fourth-order valence-corrected chi connectivity index (χ4v) is 0.158. The molecule has 3 atom stereocenters. The molecule has 0 rings (SSSR count). The largest absolute Gasteiger partial charge is 3.00 e. The normalized spacial score (nSPS) is 12.8. The summed E-state index contributed by atoms with van der Waals surface area (Å²) in [7, 11) is 0. The minimum atomic E-state index is -0.417. The molecule has 0 aromatic heterocycles. The van der Waals surface area contributed by atoms with Crippen molar-refractivity contribution in [3.05, 3.63) is 20.8 Å². The number of aliphatic hydroxyl groups is 4. The van der Waals surface area contributed by atoms with E-state index < -0.39 is 18.3 Å². The molecule has 0 bridgehead atoms. The van der Waals surface area contributed by atoms with Crippen LogP contribution in [0.1, 0.15) is 40.5 Å². The van der Waals surface area contributed by atoms with E-state index in [1.165, 1.54) is 0 Å². The Labute approximate surface area is 128 Å². The zero-order valence-electron chi connectivity index (χ0n) is 12.3. The van der Waals surface area contributed by atoms with Gasteiger partial charge < -0.3 is 41.2 Å². The van der Waals surface area contributed by atoms with E-state index in [0.717, 1.165) is 12.8 Å². The van der Waals surface area contributed by atoms with E-state index in [2.05, 4.69) is 27.7 Å². The smallest absolute Gasteiger partial charge is 0.426 e. The molecule has 1 radical (unpaired) electrons. The summed E-state index contributed by atoms with van der Waals surface area (Å²) in [5.41, 5.74) is 0. The second-order valence-corrected chi connectivity index (χ2v) is 3.62. The number of aliphatic hydroxyl groups excluding tert-OH is 4. The summed E-state index contributed by atoms with van der Waals surface area (Å²) in [6, 6.07) is 0. The van der Waals surface area contributed by atoms with Gasteiger partial charge in [0.25, 0.3) is 0 Å². The third-order valence-electron chi connectivity index (χ3n) is 0.512. The standard InChI is InChI=1S/C4H10O.3C3H7O.Ti/c1-2-3-4-5;3*1-3(2)4;/h5H,2-4H2,1H3;3*3-4H,1H2,2H3;/q;3*-1;+3. The van der Waals surface area contributed by atoms with E-state index in [9.17, 15) is 0 Å². The molecular weight excluding hydrogens is 268 g/mol. The van der Waals surface area contributed by atoms with Gasteiger partial charge in [-0.2, -0.15) is 0 Å². The summed E-state index contributed by atoms with van der Waals surface area (Å²) in [4.78, 5) is 0. The maximum absolute atomic E-state index is 8.07. The molecule has 0 heterocycles. The summed E-state index contributed by atoms with van der Waals surface area (Å²) in [6.45, 7) is 16.8. The Kier molecular flexibility index (Phi) is 52.8. The van der Waals surface area contributed by atoms with Crippen molar-refractivity contribution in [3.63, 3.8) is 0 Å². The number of rotatable bonds is 2. The summed E-state index contributed by atoms with van der Waals surface area (Å²) in [6.07, 6.45) is 0.788. The van der Waals surface area contributed by atoms with Crippen LogP contribution in [-0.4, -0.2) is 45.3 Å². The van der Waals surface area contributed by atoms with Crippen LogP contribution in [0.5, 0.6) is 0 Å². The van der Waals surface area contributed by atoms with E-state index in [-0.39, 0.29) is 21.7 Å².